The van der Waals surface area contributed by atoms with E-state index >= 15 is 0 Å². The fraction of sp³-hybridized carbons (Fsp3) is 0.533. The minimum atomic E-state index is 0.831. The molecule has 1 aliphatic heterocycles. The highest BCUT2D eigenvalue weighted by atomic mass is 15.3. The van der Waals surface area contributed by atoms with E-state index in [9.17, 15) is 0 Å². The summed E-state index contributed by atoms with van der Waals surface area (Å²) in [5.74, 6) is 1.01. The predicted molar refractivity (Wildman–Crippen MR) is 81.6 cm³/mol. The average Bonchev–Trinajstić information content (AvgIpc) is 2.45. The first kappa shape index (κ1) is 13.7. The third-order valence-electron chi connectivity index (χ3n) is 3.26. The summed E-state index contributed by atoms with van der Waals surface area (Å²) < 4.78 is 0. The Morgan fingerprint density at radius 1 is 1.21 bits per heavy atom. The second-order valence-corrected chi connectivity index (χ2v) is 4.96. The van der Waals surface area contributed by atoms with Crippen molar-refractivity contribution in [2.75, 3.05) is 32.0 Å². The van der Waals surface area contributed by atoms with E-state index in [0.29, 0.717) is 0 Å². The van der Waals surface area contributed by atoms with Crippen LogP contribution in [-0.4, -0.2) is 37.5 Å². The van der Waals surface area contributed by atoms with Crippen LogP contribution in [0, 0.1) is 0 Å². The molecule has 19 heavy (non-hydrogen) atoms. The molecular weight excluding hydrogens is 236 g/mol. The number of rotatable bonds is 5. The molecule has 1 aliphatic rings. The topological polar surface area (TPSA) is 39.7 Å². The van der Waals surface area contributed by atoms with Gasteiger partial charge in [-0.2, -0.15) is 0 Å². The number of anilines is 1. The highest BCUT2D eigenvalue weighted by Gasteiger charge is 2.09. The summed E-state index contributed by atoms with van der Waals surface area (Å²) in [6.07, 6.45) is 2.30. The van der Waals surface area contributed by atoms with Crippen LogP contribution in [0.4, 0.5) is 5.69 Å². The molecule has 0 aliphatic carbocycles. The quantitative estimate of drug-likeness (QED) is 0.853. The zero-order valence-corrected chi connectivity index (χ0v) is 11.9. The highest BCUT2D eigenvalue weighted by molar-refractivity contribution is 5.80. The number of nitrogens with one attached hydrogen (secondary N) is 2. The van der Waals surface area contributed by atoms with Gasteiger partial charge in [0.25, 0.3) is 0 Å². The molecule has 0 spiro atoms. The van der Waals surface area contributed by atoms with E-state index in [-0.39, 0.29) is 0 Å². The van der Waals surface area contributed by atoms with Crippen LogP contribution < -0.4 is 10.6 Å². The Labute approximate surface area is 115 Å². The lowest BCUT2D eigenvalue weighted by atomic mass is 10.2. The van der Waals surface area contributed by atoms with Crippen molar-refractivity contribution >= 4 is 11.6 Å². The van der Waals surface area contributed by atoms with Gasteiger partial charge in [-0.05, 0) is 30.5 Å². The molecule has 1 aromatic rings. The van der Waals surface area contributed by atoms with E-state index in [1.54, 1.807) is 0 Å². The number of hydrogen-bond acceptors (Lipinski definition) is 4. The van der Waals surface area contributed by atoms with Crippen LogP contribution in [0.15, 0.2) is 29.3 Å². The summed E-state index contributed by atoms with van der Waals surface area (Å²) >= 11 is 0. The molecule has 1 heterocycles. The molecule has 4 nitrogen and oxygen atoms in total. The lowest BCUT2D eigenvalue weighted by molar-refractivity contribution is 0.446. The maximum Gasteiger partial charge on any atom is 0.193 e. The number of guanidine groups is 1. The second kappa shape index (κ2) is 7.02. The third-order valence-corrected chi connectivity index (χ3v) is 3.26. The van der Waals surface area contributed by atoms with Gasteiger partial charge in [-0.1, -0.05) is 19.1 Å². The Hall–Kier alpha value is -1.71. The van der Waals surface area contributed by atoms with E-state index in [2.05, 4.69) is 58.8 Å². The molecule has 0 atom stereocenters. The predicted octanol–water partition coefficient (Wildman–Crippen LogP) is 2.29. The molecule has 2 rings (SSSR count). The van der Waals surface area contributed by atoms with Gasteiger partial charge in [-0.3, -0.25) is 4.99 Å². The van der Waals surface area contributed by atoms with Crippen molar-refractivity contribution in [1.29, 1.82) is 0 Å². The van der Waals surface area contributed by atoms with Crippen LogP contribution in [0.3, 0.4) is 0 Å². The van der Waals surface area contributed by atoms with Gasteiger partial charge >= 0.3 is 0 Å². The zero-order valence-electron chi connectivity index (χ0n) is 11.9. The average molecular weight is 260 g/mol. The summed E-state index contributed by atoms with van der Waals surface area (Å²) in [7, 11) is 2.09. The Kier molecular flexibility index (Phi) is 5.07. The van der Waals surface area contributed by atoms with Gasteiger partial charge in [0.1, 0.15) is 0 Å². The second-order valence-electron chi connectivity index (χ2n) is 4.96. The van der Waals surface area contributed by atoms with Crippen molar-refractivity contribution in [2.45, 2.75) is 26.3 Å². The first-order valence-corrected chi connectivity index (χ1v) is 7.12. The standard InChI is InChI=1S/C15H24N4/c1-3-9-16-14-7-5-13(6-8-14)12-18-15-17-10-4-11-19(15)2/h5-8,16H,3-4,9-12H2,1-2H3,(H,17,18). The lowest BCUT2D eigenvalue weighted by Gasteiger charge is -2.25. The molecule has 0 bridgehead atoms. The Morgan fingerprint density at radius 2 is 2.00 bits per heavy atom. The molecular formula is C15H24N4. The molecule has 0 amide bonds. The van der Waals surface area contributed by atoms with Crippen LogP contribution in [0.2, 0.25) is 0 Å². The summed E-state index contributed by atoms with van der Waals surface area (Å²) in [4.78, 5) is 6.68. The van der Waals surface area contributed by atoms with Gasteiger partial charge in [0.2, 0.25) is 0 Å². The Bertz CT molecular complexity index is 411. The van der Waals surface area contributed by atoms with Crippen molar-refractivity contribution < 1.29 is 0 Å². The zero-order chi connectivity index (χ0) is 13.5. The molecule has 0 unspecified atom stereocenters. The van der Waals surface area contributed by atoms with Crippen molar-refractivity contribution in [3.05, 3.63) is 29.8 Å². The van der Waals surface area contributed by atoms with E-state index in [1.165, 1.54) is 11.3 Å². The van der Waals surface area contributed by atoms with E-state index in [4.69, 9.17) is 0 Å². The molecule has 2 N–H and O–H groups in total. The first-order valence-electron chi connectivity index (χ1n) is 7.12. The van der Waals surface area contributed by atoms with Crippen LogP contribution in [0.5, 0.6) is 0 Å². The van der Waals surface area contributed by atoms with Crippen molar-refractivity contribution in [3.63, 3.8) is 0 Å². The lowest BCUT2D eigenvalue weighted by Crippen LogP contribution is -2.41. The first-order chi connectivity index (χ1) is 9.29. The number of benzene rings is 1. The molecule has 0 aromatic heterocycles. The van der Waals surface area contributed by atoms with Crippen molar-refractivity contribution in [2.24, 2.45) is 4.99 Å². The molecule has 4 heteroatoms. The molecule has 0 fully saturated rings. The fourth-order valence-corrected chi connectivity index (χ4v) is 2.10. The van der Waals surface area contributed by atoms with Gasteiger partial charge in [0, 0.05) is 38.9 Å². The number of aliphatic imine (C=N–C) groups is 1. The highest BCUT2D eigenvalue weighted by Crippen LogP contribution is 2.09. The van der Waals surface area contributed by atoms with Gasteiger partial charge in [0.05, 0.1) is 0 Å². The Balaban J connectivity index is 1.84. The minimum absolute atomic E-state index is 0.831. The SMILES string of the molecule is CCCNc1ccc(CNC2=NCCCN2C)cc1. The Morgan fingerprint density at radius 3 is 2.68 bits per heavy atom. The normalized spacial score (nSPS) is 15.1. The number of nitrogens with zero attached hydrogens (tertiary/aromatic N) is 2. The number of hydrogen-bond donors (Lipinski definition) is 2. The van der Waals surface area contributed by atoms with Crippen molar-refractivity contribution in [1.82, 2.24) is 10.2 Å². The van der Waals surface area contributed by atoms with E-state index in [1.807, 2.05) is 0 Å². The minimum Gasteiger partial charge on any atom is -0.385 e. The summed E-state index contributed by atoms with van der Waals surface area (Å²) in [5.41, 5.74) is 2.47. The third kappa shape index (κ3) is 4.16. The molecule has 0 saturated carbocycles. The van der Waals surface area contributed by atoms with Gasteiger partial charge in [0.15, 0.2) is 5.96 Å². The van der Waals surface area contributed by atoms with Crippen LogP contribution in [0.1, 0.15) is 25.3 Å². The molecule has 0 saturated heterocycles. The summed E-state index contributed by atoms with van der Waals surface area (Å²) in [6, 6.07) is 8.60. The maximum atomic E-state index is 4.50. The summed E-state index contributed by atoms with van der Waals surface area (Å²) in [5, 5.41) is 6.79. The van der Waals surface area contributed by atoms with Gasteiger partial charge in [-0.15, -0.1) is 0 Å². The molecule has 0 radical (unpaired) electrons. The molecule has 1 aromatic carbocycles. The maximum absolute atomic E-state index is 4.50. The van der Waals surface area contributed by atoms with E-state index in [0.717, 1.165) is 45.0 Å². The van der Waals surface area contributed by atoms with Crippen molar-refractivity contribution in [3.8, 4) is 0 Å². The van der Waals surface area contributed by atoms with Gasteiger partial charge in [-0.25, -0.2) is 0 Å². The molecule has 104 valence electrons. The summed E-state index contributed by atoms with van der Waals surface area (Å²) in [6.45, 7) is 6.06. The van der Waals surface area contributed by atoms with Gasteiger partial charge < -0.3 is 15.5 Å². The smallest absolute Gasteiger partial charge is 0.193 e. The van der Waals surface area contributed by atoms with E-state index < -0.39 is 0 Å². The van der Waals surface area contributed by atoms with Crippen LogP contribution >= 0.6 is 0 Å². The van der Waals surface area contributed by atoms with Crippen LogP contribution in [-0.2, 0) is 6.54 Å². The van der Waals surface area contributed by atoms with Crippen LogP contribution in [0.25, 0.3) is 0 Å². The monoisotopic (exact) mass is 260 g/mol. The largest absolute Gasteiger partial charge is 0.385 e. The fourth-order valence-electron chi connectivity index (χ4n) is 2.10.